The van der Waals surface area contributed by atoms with Crippen molar-refractivity contribution in [1.29, 1.82) is 0 Å². The van der Waals surface area contributed by atoms with Gasteiger partial charge in [-0.1, -0.05) is 12.1 Å². The number of hydrogen-bond acceptors (Lipinski definition) is 4. The first-order valence-corrected chi connectivity index (χ1v) is 7.17. The van der Waals surface area contributed by atoms with Crippen molar-refractivity contribution in [2.75, 3.05) is 0 Å². The molecule has 1 aromatic heterocycles. The number of imide groups is 1. The summed E-state index contributed by atoms with van der Waals surface area (Å²) in [5, 5.41) is 1.65. The van der Waals surface area contributed by atoms with Gasteiger partial charge in [0.05, 0.1) is 10.5 Å². The lowest BCUT2D eigenvalue weighted by molar-refractivity contribution is -0.137. The van der Waals surface area contributed by atoms with Crippen LogP contribution in [0.25, 0.3) is 17.4 Å². The van der Waals surface area contributed by atoms with Gasteiger partial charge in [0.2, 0.25) is 0 Å². The average Bonchev–Trinajstić information content (AvgIpc) is 3.06. The van der Waals surface area contributed by atoms with E-state index < -0.39 is 22.9 Å². The molecule has 1 aromatic carbocycles. The first kappa shape index (κ1) is 15.4. The lowest BCUT2D eigenvalue weighted by atomic mass is 10.1. The van der Waals surface area contributed by atoms with Crippen LogP contribution in [-0.4, -0.2) is 11.1 Å². The predicted molar refractivity (Wildman–Crippen MR) is 78.3 cm³/mol. The number of alkyl halides is 3. The van der Waals surface area contributed by atoms with Crippen molar-refractivity contribution in [1.82, 2.24) is 5.32 Å². The van der Waals surface area contributed by atoms with Gasteiger partial charge in [0, 0.05) is 11.6 Å². The maximum atomic E-state index is 12.5. The van der Waals surface area contributed by atoms with Gasteiger partial charge in [-0.15, -0.1) is 0 Å². The fourth-order valence-electron chi connectivity index (χ4n) is 1.96. The second-order valence-electron chi connectivity index (χ2n) is 4.63. The largest absolute Gasteiger partial charge is 0.457 e. The molecular weight excluding hydrogens is 331 g/mol. The first-order chi connectivity index (χ1) is 10.8. The zero-order chi connectivity index (χ0) is 16.6. The van der Waals surface area contributed by atoms with Crippen LogP contribution in [0.4, 0.5) is 18.0 Å². The Morgan fingerprint density at radius 3 is 2.30 bits per heavy atom. The number of halogens is 3. The minimum Gasteiger partial charge on any atom is -0.457 e. The Morgan fingerprint density at radius 1 is 1.04 bits per heavy atom. The predicted octanol–water partition coefficient (Wildman–Crippen LogP) is 4.29. The van der Waals surface area contributed by atoms with E-state index >= 15 is 0 Å². The lowest BCUT2D eigenvalue weighted by Gasteiger charge is -2.06. The van der Waals surface area contributed by atoms with Gasteiger partial charge in [0.1, 0.15) is 11.5 Å². The molecule has 1 fully saturated rings. The van der Waals surface area contributed by atoms with E-state index in [1.165, 1.54) is 18.2 Å². The highest BCUT2D eigenvalue weighted by Crippen LogP contribution is 2.32. The standard InChI is InChI=1S/C15H8F3NO3S/c16-15(17,18)9-3-1-8(2-4-9)11-6-5-10(22-11)7-12-13(20)19-14(21)23-12/h1-7H,(H,19,20,21). The number of thioether (sulfide) groups is 1. The number of carbonyl (C=O) groups is 2. The summed E-state index contributed by atoms with van der Waals surface area (Å²) in [5.74, 6) is 0.181. The second kappa shape index (κ2) is 5.62. The molecule has 0 aliphatic carbocycles. The number of carbonyl (C=O) groups excluding carboxylic acids is 2. The molecule has 3 rings (SSSR count). The molecule has 1 aliphatic rings. The van der Waals surface area contributed by atoms with Crippen LogP contribution in [0.15, 0.2) is 45.7 Å². The Morgan fingerprint density at radius 2 is 1.74 bits per heavy atom. The quantitative estimate of drug-likeness (QED) is 0.829. The van der Waals surface area contributed by atoms with E-state index in [0.717, 1.165) is 23.9 Å². The van der Waals surface area contributed by atoms with Crippen LogP contribution in [0.3, 0.4) is 0 Å². The van der Waals surface area contributed by atoms with Gasteiger partial charge < -0.3 is 4.42 Å². The van der Waals surface area contributed by atoms with Gasteiger partial charge in [0.15, 0.2) is 0 Å². The zero-order valence-electron chi connectivity index (χ0n) is 11.3. The molecule has 1 N–H and O–H groups in total. The third-order valence-corrected chi connectivity index (χ3v) is 3.85. The van der Waals surface area contributed by atoms with E-state index in [1.54, 1.807) is 12.1 Å². The maximum Gasteiger partial charge on any atom is 0.416 e. The number of furan rings is 1. The molecule has 0 spiro atoms. The van der Waals surface area contributed by atoms with Crippen molar-refractivity contribution < 1.29 is 27.2 Å². The highest BCUT2D eigenvalue weighted by molar-refractivity contribution is 8.18. The van der Waals surface area contributed by atoms with E-state index in [9.17, 15) is 22.8 Å². The Kier molecular flexibility index (Phi) is 3.77. The van der Waals surface area contributed by atoms with E-state index in [4.69, 9.17) is 4.42 Å². The van der Waals surface area contributed by atoms with Gasteiger partial charge >= 0.3 is 6.18 Å². The van der Waals surface area contributed by atoms with Gasteiger partial charge in [-0.3, -0.25) is 14.9 Å². The molecule has 0 bridgehead atoms. The number of hydrogen-bond donors (Lipinski definition) is 1. The maximum absolute atomic E-state index is 12.5. The first-order valence-electron chi connectivity index (χ1n) is 6.35. The molecule has 23 heavy (non-hydrogen) atoms. The molecule has 1 aliphatic heterocycles. The number of rotatable bonds is 2. The summed E-state index contributed by atoms with van der Waals surface area (Å²) in [6.07, 6.45) is -2.99. The summed E-state index contributed by atoms with van der Waals surface area (Å²) in [6, 6.07) is 7.69. The Labute approximate surface area is 132 Å². The minimum absolute atomic E-state index is 0.198. The fourth-order valence-corrected chi connectivity index (χ4v) is 2.62. The third kappa shape index (κ3) is 3.31. The van der Waals surface area contributed by atoms with Crippen molar-refractivity contribution in [2.45, 2.75) is 6.18 Å². The van der Waals surface area contributed by atoms with Crippen LogP contribution in [0.2, 0.25) is 0 Å². The average molecular weight is 339 g/mol. The van der Waals surface area contributed by atoms with E-state index in [0.29, 0.717) is 17.1 Å². The van der Waals surface area contributed by atoms with Gasteiger partial charge in [0.25, 0.3) is 11.1 Å². The van der Waals surface area contributed by atoms with Crippen molar-refractivity contribution in [3.63, 3.8) is 0 Å². The lowest BCUT2D eigenvalue weighted by Crippen LogP contribution is -2.17. The monoisotopic (exact) mass is 339 g/mol. The molecular formula is C15H8F3NO3S. The molecule has 0 radical (unpaired) electrons. The van der Waals surface area contributed by atoms with Crippen molar-refractivity contribution in [2.24, 2.45) is 0 Å². The summed E-state index contributed by atoms with van der Waals surface area (Å²) in [5.41, 5.74) is -0.269. The molecule has 0 atom stereocenters. The molecule has 8 heteroatoms. The van der Waals surface area contributed by atoms with E-state index in [-0.39, 0.29) is 4.91 Å². The zero-order valence-corrected chi connectivity index (χ0v) is 12.1. The van der Waals surface area contributed by atoms with Crippen LogP contribution in [0.1, 0.15) is 11.3 Å². The topological polar surface area (TPSA) is 59.3 Å². The minimum atomic E-state index is -4.39. The Bertz CT molecular complexity index is 806. The molecule has 2 amide bonds. The van der Waals surface area contributed by atoms with Crippen LogP contribution in [0, 0.1) is 0 Å². The highest BCUT2D eigenvalue weighted by atomic mass is 32.2. The molecule has 2 aromatic rings. The molecule has 2 heterocycles. The number of benzene rings is 1. The highest BCUT2D eigenvalue weighted by Gasteiger charge is 2.30. The fraction of sp³-hybridized carbons (Fsp3) is 0.0667. The molecule has 118 valence electrons. The Balaban J connectivity index is 1.84. The molecule has 1 saturated heterocycles. The van der Waals surface area contributed by atoms with Crippen molar-refractivity contribution in [3.05, 3.63) is 52.6 Å². The van der Waals surface area contributed by atoms with Crippen molar-refractivity contribution in [3.8, 4) is 11.3 Å². The number of amides is 2. The Hall–Kier alpha value is -2.48. The summed E-state index contributed by atoms with van der Waals surface area (Å²) in [4.78, 5) is 22.7. The van der Waals surface area contributed by atoms with Crippen LogP contribution in [-0.2, 0) is 11.0 Å². The molecule has 0 saturated carbocycles. The summed E-state index contributed by atoms with van der Waals surface area (Å²) >= 11 is 0.755. The SMILES string of the molecule is O=C1NC(=O)C(=Cc2ccc(-c3ccc(C(F)(F)F)cc3)o2)S1. The summed E-state index contributed by atoms with van der Waals surface area (Å²) < 4.78 is 43.0. The van der Waals surface area contributed by atoms with Crippen LogP contribution in [0.5, 0.6) is 0 Å². The summed E-state index contributed by atoms with van der Waals surface area (Å²) in [6.45, 7) is 0. The third-order valence-electron chi connectivity index (χ3n) is 3.04. The summed E-state index contributed by atoms with van der Waals surface area (Å²) in [7, 11) is 0. The van der Waals surface area contributed by atoms with Gasteiger partial charge in [-0.2, -0.15) is 13.2 Å². The molecule has 4 nitrogen and oxygen atoms in total. The van der Waals surface area contributed by atoms with E-state index in [2.05, 4.69) is 5.32 Å². The number of nitrogens with one attached hydrogen (secondary N) is 1. The second-order valence-corrected chi connectivity index (χ2v) is 5.64. The van der Waals surface area contributed by atoms with Gasteiger partial charge in [-0.25, -0.2) is 0 Å². The van der Waals surface area contributed by atoms with Crippen LogP contribution < -0.4 is 5.32 Å². The normalized spacial score (nSPS) is 16.9. The van der Waals surface area contributed by atoms with E-state index in [1.807, 2.05) is 0 Å². The van der Waals surface area contributed by atoms with Crippen LogP contribution >= 0.6 is 11.8 Å². The molecule has 0 unspecified atom stereocenters. The van der Waals surface area contributed by atoms with Gasteiger partial charge in [-0.05, 0) is 36.0 Å². The smallest absolute Gasteiger partial charge is 0.416 e. The van der Waals surface area contributed by atoms with Crippen molar-refractivity contribution >= 4 is 29.0 Å².